The number of nitrogens with zero attached hydrogens (tertiary/aromatic N) is 4. The molecule has 1 saturated heterocycles. The number of carbonyl (C=O) groups is 1. The molecule has 1 aromatic carbocycles. The molecule has 1 aliphatic heterocycles. The highest BCUT2D eigenvalue weighted by atomic mass is 16.2. The summed E-state index contributed by atoms with van der Waals surface area (Å²) in [5.74, 6) is 0.774. The van der Waals surface area contributed by atoms with Crippen LogP contribution in [0.25, 0.3) is 0 Å². The van der Waals surface area contributed by atoms with Gasteiger partial charge in [-0.1, -0.05) is 24.3 Å². The zero-order valence-electron chi connectivity index (χ0n) is 13.8. The molecule has 126 valence electrons. The largest absolute Gasteiger partial charge is 0.334 e. The highest BCUT2D eigenvalue weighted by Crippen LogP contribution is 2.39. The van der Waals surface area contributed by atoms with E-state index in [9.17, 15) is 4.79 Å². The lowest BCUT2D eigenvalue weighted by Crippen LogP contribution is -2.45. The molecular weight excluding hydrogens is 302 g/mol. The number of piperidine rings is 1. The maximum atomic E-state index is 12.4. The van der Waals surface area contributed by atoms with Gasteiger partial charge in [0.1, 0.15) is 12.7 Å². The molecular formula is C18H23N5O. The first-order valence-electron chi connectivity index (χ1n) is 8.75. The van der Waals surface area contributed by atoms with Crippen molar-refractivity contribution in [1.29, 1.82) is 0 Å². The molecule has 0 radical (unpaired) electrons. The first-order chi connectivity index (χ1) is 11.8. The summed E-state index contributed by atoms with van der Waals surface area (Å²) in [5, 5.41) is 7.24. The molecule has 1 atom stereocenters. The topological polar surface area (TPSA) is 63.1 Å². The van der Waals surface area contributed by atoms with Gasteiger partial charge in [-0.3, -0.25) is 0 Å². The Bertz CT molecular complexity index is 678. The molecule has 2 fully saturated rings. The molecule has 2 aromatic rings. The van der Waals surface area contributed by atoms with E-state index < -0.39 is 0 Å². The van der Waals surface area contributed by atoms with Gasteiger partial charge in [0, 0.05) is 19.6 Å². The van der Waals surface area contributed by atoms with Gasteiger partial charge >= 0.3 is 6.03 Å². The van der Waals surface area contributed by atoms with Gasteiger partial charge in [0.15, 0.2) is 0 Å². The monoisotopic (exact) mass is 325 g/mol. The molecule has 6 nitrogen and oxygen atoms in total. The molecule has 1 aromatic heterocycles. The van der Waals surface area contributed by atoms with E-state index in [0.29, 0.717) is 13.1 Å². The van der Waals surface area contributed by atoms with Crippen molar-refractivity contribution in [3.8, 4) is 0 Å². The van der Waals surface area contributed by atoms with Crippen LogP contribution in [-0.4, -0.2) is 38.8 Å². The number of hydrogen-bond acceptors (Lipinski definition) is 3. The van der Waals surface area contributed by atoms with Gasteiger partial charge in [-0.2, -0.15) is 5.10 Å². The van der Waals surface area contributed by atoms with Crippen LogP contribution in [0.2, 0.25) is 0 Å². The number of urea groups is 1. The minimum atomic E-state index is 0.00563. The maximum Gasteiger partial charge on any atom is 0.317 e. The van der Waals surface area contributed by atoms with Crippen molar-refractivity contribution in [3.63, 3.8) is 0 Å². The second-order valence-electron chi connectivity index (χ2n) is 6.79. The van der Waals surface area contributed by atoms with Crippen molar-refractivity contribution in [2.75, 3.05) is 13.1 Å². The van der Waals surface area contributed by atoms with Crippen LogP contribution in [0, 0.1) is 0 Å². The highest BCUT2D eigenvalue weighted by Gasteiger charge is 2.25. The number of amides is 2. The van der Waals surface area contributed by atoms with Gasteiger partial charge in [0.2, 0.25) is 0 Å². The summed E-state index contributed by atoms with van der Waals surface area (Å²) in [7, 11) is 0. The van der Waals surface area contributed by atoms with Crippen LogP contribution in [-0.2, 0) is 6.54 Å². The van der Waals surface area contributed by atoms with Crippen LogP contribution in [0.4, 0.5) is 4.79 Å². The zero-order chi connectivity index (χ0) is 16.4. The van der Waals surface area contributed by atoms with E-state index in [1.807, 2.05) is 9.58 Å². The summed E-state index contributed by atoms with van der Waals surface area (Å²) in [5.41, 5.74) is 2.58. The van der Waals surface area contributed by atoms with E-state index in [-0.39, 0.29) is 12.1 Å². The Kier molecular flexibility index (Phi) is 4.19. The molecule has 6 heteroatoms. The SMILES string of the molecule is O=C(NCc1ccc(C2CC2)cc1)N1CCC[C@@H](n2cncn2)C1. The molecule has 1 N–H and O–H groups in total. The van der Waals surface area contributed by atoms with Crippen LogP contribution in [0.3, 0.4) is 0 Å². The molecule has 2 aliphatic rings. The Balaban J connectivity index is 1.30. The summed E-state index contributed by atoms with van der Waals surface area (Å²) in [6.07, 6.45) is 7.94. The Morgan fingerprint density at radius 2 is 2.04 bits per heavy atom. The van der Waals surface area contributed by atoms with Crippen LogP contribution < -0.4 is 5.32 Å². The zero-order valence-corrected chi connectivity index (χ0v) is 13.8. The summed E-state index contributed by atoms with van der Waals surface area (Å²) < 4.78 is 1.86. The fraction of sp³-hybridized carbons (Fsp3) is 0.500. The molecule has 0 spiro atoms. The number of hydrogen-bond donors (Lipinski definition) is 1. The number of nitrogens with one attached hydrogen (secondary N) is 1. The fourth-order valence-electron chi connectivity index (χ4n) is 3.37. The van der Waals surface area contributed by atoms with Crippen molar-refractivity contribution < 1.29 is 4.79 Å². The number of carbonyl (C=O) groups excluding carboxylic acids is 1. The molecule has 24 heavy (non-hydrogen) atoms. The fourth-order valence-corrected chi connectivity index (χ4v) is 3.37. The average Bonchev–Trinajstić information content (AvgIpc) is 3.34. The lowest BCUT2D eigenvalue weighted by Gasteiger charge is -2.32. The minimum Gasteiger partial charge on any atom is -0.334 e. The van der Waals surface area contributed by atoms with E-state index >= 15 is 0 Å². The Labute approximate surface area is 141 Å². The van der Waals surface area contributed by atoms with Gasteiger partial charge in [0.25, 0.3) is 0 Å². The minimum absolute atomic E-state index is 0.00563. The summed E-state index contributed by atoms with van der Waals surface area (Å²) in [6, 6.07) is 8.88. The van der Waals surface area contributed by atoms with Crippen molar-refractivity contribution >= 4 is 6.03 Å². The normalized spacial score (nSPS) is 20.8. The standard InChI is InChI=1S/C18H23N5O/c24-18(20-10-14-3-5-15(6-4-14)16-7-8-16)22-9-1-2-17(11-22)23-13-19-12-21-23/h3-6,12-13,16-17H,1-2,7-11H2,(H,20,24)/t17-/m1/s1. The molecule has 4 rings (SSSR count). The van der Waals surface area contributed by atoms with Gasteiger partial charge in [0.05, 0.1) is 6.04 Å². The van der Waals surface area contributed by atoms with Crippen molar-refractivity contribution in [2.45, 2.75) is 44.2 Å². The lowest BCUT2D eigenvalue weighted by atomic mass is 10.1. The highest BCUT2D eigenvalue weighted by molar-refractivity contribution is 5.74. The quantitative estimate of drug-likeness (QED) is 0.940. The molecule has 2 amide bonds. The van der Waals surface area contributed by atoms with Crippen LogP contribution in [0.15, 0.2) is 36.9 Å². The maximum absolute atomic E-state index is 12.4. The predicted molar refractivity (Wildman–Crippen MR) is 90.5 cm³/mol. The van der Waals surface area contributed by atoms with Gasteiger partial charge < -0.3 is 10.2 Å². The summed E-state index contributed by atoms with van der Waals surface area (Å²) in [4.78, 5) is 18.3. The van der Waals surface area contributed by atoms with E-state index in [4.69, 9.17) is 0 Å². The van der Waals surface area contributed by atoms with Crippen LogP contribution in [0.1, 0.15) is 48.8 Å². The second kappa shape index (κ2) is 6.63. The number of aromatic nitrogens is 3. The molecule has 1 aliphatic carbocycles. The Hall–Kier alpha value is -2.37. The number of likely N-dealkylation sites (tertiary alicyclic amines) is 1. The van der Waals surface area contributed by atoms with Gasteiger partial charge in [-0.25, -0.2) is 14.5 Å². The predicted octanol–water partition coefficient (Wildman–Crippen LogP) is 2.70. The summed E-state index contributed by atoms with van der Waals surface area (Å²) >= 11 is 0. The molecule has 1 saturated carbocycles. The molecule has 0 bridgehead atoms. The van der Waals surface area contributed by atoms with Crippen molar-refractivity contribution in [2.24, 2.45) is 0 Å². The third-order valence-electron chi connectivity index (χ3n) is 4.97. The van der Waals surface area contributed by atoms with E-state index in [1.165, 1.54) is 18.4 Å². The first kappa shape index (κ1) is 15.2. The van der Waals surface area contributed by atoms with Crippen LogP contribution in [0.5, 0.6) is 0 Å². The third-order valence-corrected chi connectivity index (χ3v) is 4.97. The first-order valence-corrected chi connectivity index (χ1v) is 8.75. The van der Waals surface area contributed by atoms with Gasteiger partial charge in [-0.15, -0.1) is 0 Å². The lowest BCUT2D eigenvalue weighted by molar-refractivity contribution is 0.163. The van der Waals surface area contributed by atoms with Gasteiger partial charge in [-0.05, 0) is 42.7 Å². The number of rotatable bonds is 4. The van der Waals surface area contributed by atoms with E-state index in [2.05, 4.69) is 39.7 Å². The van der Waals surface area contributed by atoms with Crippen molar-refractivity contribution in [1.82, 2.24) is 25.0 Å². The second-order valence-corrected chi connectivity index (χ2v) is 6.79. The van der Waals surface area contributed by atoms with E-state index in [1.54, 1.807) is 12.7 Å². The van der Waals surface area contributed by atoms with Crippen LogP contribution >= 0.6 is 0 Å². The smallest absolute Gasteiger partial charge is 0.317 e. The third kappa shape index (κ3) is 3.42. The Morgan fingerprint density at radius 3 is 2.75 bits per heavy atom. The molecule has 0 unspecified atom stereocenters. The number of benzene rings is 1. The Morgan fingerprint density at radius 1 is 1.21 bits per heavy atom. The summed E-state index contributed by atoms with van der Waals surface area (Å²) in [6.45, 7) is 2.07. The van der Waals surface area contributed by atoms with Crippen molar-refractivity contribution in [3.05, 3.63) is 48.0 Å². The molecule has 2 heterocycles. The van der Waals surface area contributed by atoms with E-state index in [0.717, 1.165) is 30.9 Å². The average molecular weight is 325 g/mol.